The van der Waals surface area contributed by atoms with Crippen LogP contribution in [-0.4, -0.2) is 273 Å². The van der Waals surface area contributed by atoms with Crippen LogP contribution in [0.3, 0.4) is 0 Å². The number of halogens is 1. The van der Waals surface area contributed by atoms with Crippen molar-refractivity contribution in [1.82, 2.24) is 25.1 Å². The Morgan fingerprint density at radius 1 is 0.492 bits per heavy atom. The first-order valence-electron chi connectivity index (χ1n) is 45.0. The van der Waals surface area contributed by atoms with Gasteiger partial charge < -0.3 is 95.8 Å². The molecule has 0 amide bonds. The van der Waals surface area contributed by atoms with Gasteiger partial charge in [-0.3, -0.25) is 29.1 Å². The van der Waals surface area contributed by atoms with Gasteiger partial charge in [-0.2, -0.15) is 0 Å². The van der Waals surface area contributed by atoms with E-state index >= 15 is 4.79 Å². The molecule has 26 nitrogen and oxygen atoms in total. The Labute approximate surface area is 727 Å². The molecule has 16 rings (SSSR count). The second-order valence-electron chi connectivity index (χ2n) is 37.2. The topological polar surface area (TPSA) is 273 Å². The lowest BCUT2D eigenvalue weighted by atomic mass is 9.66. The minimum absolute atomic E-state index is 0. The largest absolute Gasteiger partial charge is 0.462 e. The van der Waals surface area contributed by atoms with E-state index in [2.05, 4.69) is 127 Å². The number of likely N-dealkylation sites (N-methyl/N-ethyl adjacent to an activating group) is 2. The quantitative estimate of drug-likeness (QED) is 0.0777. The summed E-state index contributed by atoms with van der Waals surface area (Å²) in [5.41, 5.74) is 2.65. The number of cyclic esters (lactones) is 2. The Balaban J connectivity index is 0.000000191. The van der Waals surface area contributed by atoms with Crippen LogP contribution in [0.5, 0.6) is 0 Å². The molecule has 14 aliphatic rings. The van der Waals surface area contributed by atoms with Crippen molar-refractivity contribution in [3.05, 3.63) is 75.9 Å². The molecular weight excluding hydrogens is 1650 g/mol. The molecule has 6 aliphatic carbocycles. The van der Waals surface area contributed by atoms with Crippen molar-refractivity contribution in [2.75, 3.05) is 75.7 Å². The molecule has 0 aromatic carbocycles. The predicted octanol–water partition coefficient (Wildman–Crippen LogP) is 12.2. The van der Waals surface area contributed by atoms with E-state index in [9.17, 15) is 14.4 Å². The van der Waals surface area contributed by atoms with Crippen LogP contribution in [0.2, 0.25) is 0 Å². The van der Waals surface area contributed by atoms with Gasteiger partial charge in [0, 0.05) is 113 Å². The molecule has 4 saturated carbocycles. The molecule has 27 heteroatoms. The van der Waals surface area contributed by atoms with Gasteiger partial charge in [-0.05, 0) is 264 Å². The molecule has 8 aliphatic heterocycles. The molecule has 2 aromatic heterocycles. The van der Waals surface area contributed by atoms with E-state index < -0.39 is 30.7 Å². The zero-order valence-electron chi connectivity index (χ0n) is 73.7. The van der Waals surface area contributed by atoms with Crippen LogP contribution in [0, 0.1) is 74.6 Å². The number of carbonyl (C=O) groups excluding carboxylic acids is 4. The molecule has 1 N–H and O–H groups in total. The lowest BCUT2D eigenvalue weighted by Crippen LogP contribution is -2.59. The summed E-state index contributed by atoms with van der Waals surface area (Å²) in [6.07, 6.45) is 19.8. The summed E-state index contributed by atoms with van der Waals surface area (Å²) in [6, 6.07) is 9.70. The highest BCUT2D eigenvalue weighted by Crippen LogP contribution is 2.66. The molecule has 2 aromatic rings. The Bertz CT molecular complexity index is 3740. The average Bonchev–Trinajstić information content (AvgIpc) is 1.52. The number of anilines is 1. The van der Waals surface area contributed by atoms with Crippen molar-refractivity contribution < 1.29 is 95.0 Å². The van der Waals surface area contributed by atoms with Gasteiger partial charge in [0.25, 0.3) is 0 Å². The van der Waals surface area contributed by atoms with Gasteiger partial charge in [-0.1, -0.05) is 47.3 Å². The number of aromatic nitrogens is 2. The van der Waals surface area contributed by atoms with E-state index in [0.717, 1.165) is 107 Å². The zero-order chi connectivity index (χ0) is 84.5. The molecule has 120 heavy (non-hydrogen) atoms. The Hall–Kier alpha value is -4.09. The number of carbonyl (C=O) groups is 4. The van der Waals surface area contributed by atoms with Crippen LogP contribution < -0.4 is 10.2 Å². The fraction of sp³-hybridized carbons (Fsp3) is 0.806. The molecule has 8 saturated heterocycles. The fourth-order valence-corrected chi connectivity index (χ4v) is 24.7. The number of methoxy groups -OCH3 is 6. The monoisotopic (exact) mass is 1790 g/mol. The lowest BCUT2D eigenvalue weighted by Gasteiger charge is -2.44. The number of pyridine rings is 2. The highest BCUT2D eigenvalue weighted by atomic mass is 127. The second-order valence-corrected chi connectivity index (χ2v) is 38.5. The number of hydrogen-bond acceptors (Lipinski definition) is 26. The summed E-state index contributed by atoms with van der Waals surface area (Å²) in [5.74, 6) is 0.339. The number of ketones is 2. The molecule has 0 spiro atoms. The number of rotatable bonds is 19. The van der Waals surface area contributed by atoms with E-state index in [4.69, 9.17) is 75.8 Å². The predicted molar refractivity (Wildman–Crippen MR) is 459 cm³/mol. The van der Waals surface area contributed by atoms with Crippen molar-refractivity contribution in [2.45, 2.75) is 337 Å². The van der Waals surface area contributed by atoms with Crippen LogP contribution in [-0.2, 0) is 95.0 Å². The standard InChI is InChI=1S/C46H69N3O10.C41H66N2O10.C5H4IN.CH4/c1-10-28-14-11-15-36(59-38-17-16-35(48(5)6)25(3)55-38)24(2)42(51)34-21-31-30-19-29(58-46-45(54-9)44(53-8)43(52-7)26(4)56-46)20-33(30)40-41(39(31)32(34)22-37(50)57-28)49(40)27-13-12-18-47-23-27;1-10-23-12-11-13-31(53-33-15-14-30(43(5)6)21(3)49-33)20(2)37(45)29-18-26-25-16-24(52-41-40(48-9)39(47-8)38(46-7)22(4)50-41)17-28(25)35-36(42-35)34(26)27(29)19-32(44)51-23;6-5-2-1-3-7-4-5;/h12-13,18,21,23-26,28-33,35-36,38-41,43-46H,10-11,14-17,19-20,22H2,1-9H3;18,20-28,30-31,33-36,38-42H,10-17,19H2,1-9H3;1-4H;1H4/t24-,25?,26?,28+,29+,30+,31+,32-,33-,35+,36+,38+,39-,40+,41-,43+,44?,45+,46+,49?;20-,21?,22?,23+,24+,25+,26+,27-,28-,30+,31+,33+,34-,35+,36-,38+,39?,40+,41+;;/m11../s1. The number of allylic oxidation sites excluding steroid dienone is 4. The van der Waals surface area contributed by atoms with Crippen LogP contribution >= 0.6 is 22.6 Å². The highest BCUT2D eigenvalue weighted by Gasteiger charge is 2.70. The SMILES string of the molecule is C.CC[C@H]1CCC[C@H](O[C@H]2CC[C@H](N(C)C)C(C)O2)[C@@H](C)C(=O)C2=C[C@H]3[C@@H]4C[C@H](O[C@@H]5OC(C)[C@H](OC)C(OC)[C@@H]5OC)C[C@H]4[C@@H]4N[C@@H]4[C@H]3[C@@H]2CC(=O)O1.CC[C@H]1CCC[C@H](O[C@H]2CC[C@H](N(C)C)C(C)O2)[C@@H](C)C(=O)C2=C[C@H]3[C@@H]4C[C@H](O[C@@H]5OC(C)[C@H](OC)C(OC)[C@@H]5OC)C[C@H]4[C@H]4[C@@H]([C@H]3[C@@H]2CC(=O)O1)N4c1cccnc1.Ic1cccnc1. The summed E-state index contributed by atoms with van der Waals surface area (Å²) in [5, 5.41) is 3.82. The summed E-state index contributed by atoms with van der Waals surface area (Å²) in [7, 11) is 18.4. The normalized spacial score (nSPS) is 44.2. The number of nitrogens with zero attached hydrogens (tertiary/aromatic N) is 5. The third kappa shape index (κ3) is 19.9. The number of hydrogen-bond donors (Lipinski definition) is 1. The van der Waals surface area contributed by atoms with Crippen molar-refractivity contribution in [3.63, 3.8) is 0 Å². The third-order valence-corrected chi connectivity index (χ3v) is 30.8. The average molecular weight is 1790 g/mol. The van der Waals surface area contributed by atoms with Crippen molar-refractivity contribution in [3.8, 4) is 0 Å². The van der Waals surface area contributed by atoms with Gasteiger partial charge in [0.1, 0.15) is 48.8 Å². The van der Waals surface area contributed by atoms with Crippen LogP contribution in [0.4, 0.5) is 5.69 Å². The first-order chi connectivity index (χ1) is 57.3. The van der Waals surface area contributed by atoms with Crippen LogP contribution in [0.1, 0.15) is 178 Å². The maximum atomic E-state index is 15.1. The number of Topliss-reactive ketones (excluding diaryl/α,β-unsaturated/α-hetero) is 2. The van der Waals surface area contributed by atoms with Gasteiger partial charge in [0.05, 0.1) is 85.6 Å². The Kier molecular flexibility index (Phi) is 32.2. The summed E-state index contributed by atoms with van der Waals surface area (Å²) >= 11 is 2.22. The third-order valence-electron chi connectivity index (χ3n) is 30.2. The first kappa shape index (κ1) is 93.5. The molecule has 672 valence electrons. The minimum atomic E-state index is -0.626. The van der Waals surface area contributed by atoms with E-state index in [-0.39, 0.29) is 207 Å². The van der Waals surface area contributed by atoms with E-state index in [1.54, 1.807) is 55.1 Å². The highest BCUT2D eigenvalue weighted by molar-refractivity contribution is 14.1. The molecule has 6 unspecified atom stereocenters. The van der Waals surface area contributed by atoms with Gasteiger partial charge >= 0.3 is 11.9 Å². The maximum Gasteiger partial charge on any atom is 0.306 e. The zero-order valence-corrected chi connectivity index (χ0v) is 75.9. The van der Waals surface area contributed by atoms with Gasteiger partial charge in [0.15, 0.2) is 36.7 Å². The molecule has 10 heterocycles. The number of fused-ring (bicyclic) bond motifs is 16. The summed E-state index contributed by atoms with van der Waals surface area (Å²) < 4.78 is 102. The van der Waals surface area contributed by atoms with E-state index in [0.29, 0.717) is 48.7 Å². The lowest BCUT2D eigenvalue weighted by molar-refractivity contribution is -0.314. The summed E-state index contributed by atoms with van der Waals surface area (Å²) in [6.45, 7) is 16.4. The molecule has 0 bridgehead atoms. The molecule has 38 atom stereocenters. The van der Waals surface area contributed by atoms with Crippen molar-refractivity contribution in [1.29, 1.82) is 0 Å². The second kappa shape index (κ2) is 41.3. The number of nitrogens with one attached hydrogen (secondary N) is 1. The smallest absolute Gasteiger partial charge is 0.306 e. The van der Waals surface area contributed by atoms with Crippen molar-refractivity contribution in [2.24, 2.45) is 71.0 Å². The van der Waals surface area contributed by atoms with E-state index in [1.807, 2.05) is 58.3 Å². The molecular formula is C93H143IN6O20. The van der Waals surface area contributed by atoms with Crippen molar-refractivity contribution >= 4 is 51.8 Å². The van der Waals surface area contributed by atoms with E-state index in [1.165, 1.54) is 3.57 Å². The van der Waals surface area contributed by atoms with Gasteiger partial charge in [-0.15, -0.1) is 0 Å². The maximum absolute atomic E-state index is 15.1. The summed E-state index contributed by atoms with van der Waals surface area (Å²) in [4.78, 5) is 72.8. The molecule has 12 fully saturated rings. The fourth-order valence-electron chi connectivity index (χ4n) is 24.3. The number of ether oxygens (including phenoxy) is 16. The van der Waals surface area contributed by atoms with Gasteiger partial charge in [-0.25, -0.2) is 0 Å². The Morgan fingerprint density at radius 3 is 1.35 bits per heavy atom. The molecule has 0 radical (unpaired) electrons. The van der Waals surface area contributed by atoms with Crippen LogP contribution in [0.15, 0.2) is 72.4 Å². The first-order valence-corrected chi connectivity index (χ1v) is 46.1. The van der Waals surface area contributed by atoms with Crippen LogP contribution in [0.25, 0.3) is 0 Å². The minimum Gasteiger partial charge on any atom is -0.462 e. The van der Waals surface area contributed by atoms with Gasteiger partial charge in [0.2, 0.25) is 0 Å². The Morgan fingerprint density at radius 2 is 0.933 bits per heavy atom. The number of esters is 2.